The second kappa shape index (κ2) is 5.09. The zero-order chi connectivity index (χ0) is 4.83. The first-order chi connectivity index (χ1) is 2.91. The van der Waals surface area contributed by atoms with E-state index in [9.17, 15) is 0 Å². The smallest absolute Gasteiger partial charge is 0.0180 e. The minimum absolute atomic E-state index is 1.70. The first-order valence-corrected chi connectivity index (χ1v) is 2.90. The Hall–Kier alpha value is 0.0900. The van der Waals surface area contributed by atoms with E-state index in [1.54, 1.807) is 11.8 Å². The molecule has 0 nitrogen and oxygen atoms in total. The van der Waals surface area contributed by atoms with E-state index in [0.29, 0.717) is 0 Å². The van der Waals surface area contributed by atoms with Crippen LogP contribution in [0.1, 0.15) is 13.8 Å². The van der Waals surface area contributed by atoms with Crippen LogP contribution in [0.15, 0.2) is 11.5 Å². The summed E-state index contributed by atoms with van der Waals surface area (Å²) in [5.74, 6) is 2.04. The van der Waals surface area contributed by atoms with E-state index in [0.717, 1.165) is 0 Å². The Morgan fingerprint density at radius 2 is 2.00 bits per heavy atom. The van der Waals surface area contributed by atoms with E-state index >= 15 is 0 Å². The number of rotatable bonds is 2. The molecule has 1 heteroatoms. The van der Waals surface area contributed by atoms with Crippen LogP contribution in [0.4, 0.5) is 0 Å². The molecule has 0 aliphatic heterocycles. The molecule has 0 unspecified atom stereocenters. The van der Waals surface area contributed by atoms with Crippen LogP contribution in [0.3, 0.4) is 0 Å². The van der Waals surface area contributed by atoms with E-state index in [-0.39, 0.29) is 0 Å². The average molecular weight is 101 g/mol. The van der Waals surface area contributed by atoms with Crippen molar-refractivity contribution in [3.63, 3.8) is 0 Å². The fourth-order valence-corrected chi connectivity index (χ4v) is 0.471. The van der Waals surface area contributed by atoms with E-state index in [4.69, 9.17) is 0 Å². The zero-order valence-corrected chi connectivity index (χ0v) is 4.96. The molecule has 0 saturated carbocycles. The maximum Gasteiger partial charge on any atom is 0.0180 e. The van der Waals surface area contributed by atoms with Crippen molar-refractivity contribution in [2.75, 3.05) is 0 Å². The highest BCUT2D eigenvalue weighted by atomic mass is 32.2. The molecule has 1 radical (unpaired) electrons. The monoisotopic (exact) mass is 101 g/mol. The maximum absolute atomic E-state index is 2.04. The van der Waals surface area contributed by atoms with Gasteiger partial charge in [-0.1, -0.05) is 13.0 Å². The molecule has 0 aromatic carbocycles. The standard InChI is InChI=1S/C5H9S/c1-3-5-6-4-2/h3-5H,1-2H3/b5-3-. The van der Waals surface area contributed by atoms with Crippen LogP contribution in [0.2, 0.25) is 0 Å². The van der Waals surface area contributed by atoms with Gasteiger partial charge in [0, 0.05) is 5.75 Å². The highest BCUT2D eigenvalue weighted by Gasteiger charge is 1.65. The van der Waals surface area contributed by atoms with E-state index < -0.39 is 0 Å². The molecule has 6 heavy (non-hydrogen) atoms. The minimum atomic E-state index is 1.70. The first-order valence-electron chi connectivity index (χ1n) is 1.96. The molecule has 0 aromatic rings. The summed E-state index contributed by atoms with van der Waals surface area (Å²) in [6.45, 7) is 4.03. The molecular formula is C5H9S. The van der Waals surface area contributed by atoms with Crippen molar-refractivity contribution in [3.8, 4) is 0 Å². The molecule has 0 spiro atoms. The van der Waals surface area contributed by atoms with Crippen molar-refractivity contribution in [1.29, 1.82) is 0 Å². The Morgan fingerprint density at radius 3 is 2.17 bits per heavy atom. The molecule has 0 aliphatic rings. The number of allylic oxidation sites excluding steroid dienone is 1. The summed E-state index contributed by atoms with van der Waals surface area (Å²) in [6.07, 6.45) is 2.02. The van der Waals surface area contributed by atoms with Crippen LogP contribution in [0.25, 0.3) is 0 Å². The molecule has 0 fully saturated rings. The molecule has 0 rings (SSSR count). The quantitative estimate of drug-likeness (QED) is 0.514. The predicted octanol–water partition coefficient (Wildman–Crippen LogP) is 2.43. The number of hydrogen-bond donors (Lipinski definition) is 0. The van der Waals surface area contributed by atoms with Gasteiger partial charge in [0.15, 0.2) is 0 Å². The van der Waals surface area contributed by atoms with Gasteiger partial charge in [-0.2, -0.15) is 0 Å². The van der Waals surface area contributed by atoms with Gasteiger partial charge in [-0.05, 0) is 12.3 Å². The molecule has 0 saturated heterocycles. The van der Waals surface area contributed by atoms with Crippen molar-refractivity contribution in [2.45, 2.75) is 13.8 Å². The van der Waals surface area contributed by atoms with Crippen LogP contribution in [0.5, 0.6) is 0 Å². The van der Waals surface area contributed by atoms with Crippen LogP contribution in [0, 0.1) is 5.75 Å². The lowest BCUT2D eigenvalue weighted by molar-refractivity contribution is 1.73. The topological polar surface area (TPSA) is 0 Å². The highest BCUT2D eigenvalue weighted by Crippen LogP contribution is 2.03. The van der Waals surface area contributed by atoms with Crippen molar-refractivity contribution >= 4 is 11.8 Å². The van der Waals surface area contributed by atoms with Crippen LogP contribution < -0.4 is 0 Å². The molecule has 35 valence electrons. The lowest BCUT2D eigenvalue weighted by atomic mass is 10.8. The van der Waals surface area contributed by atoms with E-state index in [2.05, 4.69) is 0 Å². The third kappa shape index (κ3) is 4.09. The lowest BCUT2D eigenvalue weighted by Gasteiger charge is -1.76. The number of hydrogen-bond acceptors (Lipinski definition) is 1. The fraction of sp³-hybridized carbons (Fsp3) is 0.400. The second-order valence-corrected chi connectivity index (χ2v) is 1.86. The Morgan fingerprint density at radius 1 is 1.33 bits per heavy atom. The third-order valence-corrected chi connectivity index (χ3v) is 1.05. The molecule has 0 aliphatic carbocycles. The summed E-state index contributed by atoms with van der Waals surface area (Å²) in [6, 6.07) is 0. The largest absolute Gasteiger partial charge is 0.130 e. The van der Waals surface area contributed by atoms with Crippen molar-refractivity contribution < 1.29 is 0 Å². The molecule has 0 aromatic heterocycles. The minimum Gasteiger partial charge on any atom is -0.130 e. The summed E-state index contributed by atoms with van der Waals surface area (Å²) in [7, 11) is 0. The third-order valence-electron chi connectivity index (χ3n) is 0.351. The Bertz CT molecular complexity index is 39.2. The second-order valence-electron chi connectivity index (χ2n) is 0.841. The molecule has 0 N–H and O–H groups in total. The maximum atomic E-state index is 2.04. The average Bonchev–Trinajstić information content (AvgIpc) is 1.61. The first kappa shape index (κ1) is 6.09. The number of thioether (sulfide) groups is 1. The van der Waals surface area contributed by atoms with Gasteiger partial charge in [-0.15, -0.1) is 11.8 Å². The molecule has 0 atom stereocenters. The summed E-state index contributed by atoms with van der Waals surface area (Å²) >= 11 is 1.70. The van der Waals surface area contributed by atoms with Crippen molar-refractivity contribution in [3.05, 3.63) is 17.2 Å². The molecule has 0 heterocycles. The highest BCUT2D eigenvalue weighted by molar-refractivity contribution is 8.04. The Labute approximate surface area is 43.6 Å². The Balaban J connectivity index is 2.66. The van der Waals surface area contributed by atoms with Crippen LogP contribution >= 0.6 is 11.8 Å². The van der Waals surface area contributed by atoms with Crippen LogP contribution in [-0.2, 0) is 0 Å². The van der Waals surface area contributed by atoms with Gasteiger partial charge in [-0.3, -0.25) is 0 Å². The van der Waals surface area contributed by atoms with Gasteiger partial charge in [0.2, 0.25) is 0 Å². The van der Waals surface area contributed by atoms with Gasteiger partial charge in [-0.25, -0.2) is 0 Å². The van der Waals surface area contributed by atoms with Gasteiger partial charge in [0.1, 0.15) is 0 Å². The normalized spacial score (nSPS) is 10.3. The summed E-state index contributed by atoms with van der Waals surface area (Å²) < 4.78 is 0. The van der Waals surface area contributed by atoms with E-state index in [1.165, 1.54) is 0 Å². The van der Waals surface area contributed by atoms with Gasteiger partial charge in [0.25, 0.3) is 0 Å². The SMILES string of the molecule is C[CH]S/C=C\C. The van der Waals surface area contributed by atoms with E-state index in [1.807, 2.05) is 31.1 Å². The molecular weight excluding hydrogens is 92.1 g/mol. The van der Waals surface area contributed by atoms with Crippen molar-refractivity contribution in [2.24, 2.45) is 0 Å². The van der Waals surface area contributed by atoms with Crippen molar-refractivity contribution in [1.82, 2.24) is 0 Å². The summed E-state index contributed by atoms with van der Waals surface area (Å²) in [5.41, 5.74) is 0. The van der Waals surface area contributed by atoms with Gasteiger partial charge >= 0.3 is 0 Å². The predicted molar refractivity (Wildman–Crippen MR) is 32.4 cm³/mol. The van der Waals surface area contributed by atoms with Gasteiger partial charge < -0.3 is 0 Å². The zero-order valence-electron chi connectivity index (χ0n) is 4.14. The van der Waals surface area contributed by atoms with Crippen LogP contribution in [-0.4, -0.2) is 0 Å². The summed E-state index contributed by atoms with van der Waals surface area (Å²) in [4.78, 5) is 0. The Kier molecular flexibility index (Phi) is 5.17. The van der Waals surface area contributed by atoms with Gasteiger partial charge in [0.05, 0.1) is 0 Å². The molecule has 0 amide bonds. The molecule has 0 bridgehead atoms. The fourth-order valence-electron chi connectivity index (χ4n) is 0.157. The summed E-state index contributed by atoms with van der Waals surface area (Å²) in [5, 5.41) is 2.04. The lowest BCUT2D eigenvalue weighted by Crippen LogP contribution is -1.43.